The number of primary amides is 1. The second-order valence-electron chi connectivity index (χ2n) is 2.13. The first-order valence-corrected chi connectivity index (χ1v) is 3.71. The highest BCUT2D eigenvalue weighted by Crippen LogP contribution is 1.98. The number of rotatable bonds is 4. The van der Waals surface area contributed by atoms with Gasteiger partial charge in [-0.3, -0.25) is 9.79 Å². The van der Waals surface area contributed by atoms with Crippen LogP contribution in [0.5, 0.6) is 0 Å². The van der Waals surface area contributed by atoms with Gasteiger partial charge in [-0.15, -0.1) is 0 Å². The van der Waals surface area contributed by atoms with E-state index in [-0.39, 0.29) is 0 Å². The normalized spacial score (nSPS) is 12.4. The molecule has 62 valence electrons. The average molecular weight is 154 g/mol. The van der Waals surface area contributed by atoms with Gasteiger partial charge in [-0.25, -0.2) is 0 Å². The van der Waals surface area contributed by atoms with Gasteiger partial charge < -0.3 is 5.73 Å². The second kappa shape index (κ2) is 5.65. The Balaban J connectivity index is 4.20. The van der Waals surface area contributed by atoms with E-state index in [4.69, 9.17) is 5.73 Å². The molecule has 0 rings (SSSR count). The lowest BCUT2D eigenvalue weighted by atomic mass is 10.3. The van der Waals surface area contributed by atoms with Gasteiger partial charge in [0.1, 0.15) is 5.70 Å². The summed E-state index contributed by atoms with van der Waals surface area (Å²) in [5.74, 6) is -0.462. The number of hydrogen-bond acceptors (Lipinski definition) is 2. The summed E-state index contributed by atoms with van der Waals surface area (Å²) in [6, 6.07) is 0. The van der Waals surface area contributed by atoms with Crippen LogP contribution in [0.1, 0.15) is 26.7 Å². The van der Waals surface area contributed by atoms with Crippen LogP contribution < -0.4 is 5.73 Å². The van der Waals surface area contributed by atoms with E-state index < -0.39 is 5.91 Å². The number of aliphatic imine (C=N–C) groups is 1. The molecule has 0 spiro atoms. The molecule has 0 aliphatic carbocycles. The summed E-state index contributed by atoms with van der Waals surface area (Å²) in [5.41, 5.74) is 5.40. The Hall–Kier alpha value is -1.12. The molecule has 0 atom stereocenters. The molecule has 0 saturated heterocycles. The lowest BCUT2D eigenvalue weighted by Gasteiger charge is -1.93. The van der Waals surface area contributed by atoms with E-state index in [0.29, 0.717) is 5.70 Å². The maximum atomic E-state index is 10.6. The SMILES string of the molecule is C/C=N\C(=C/CCC)C(N)=O. The van der Waals surface area contributed by atoms with Crippen LogP contribution in [0, 0.1) is 0 Å². The van der Waals surface area contributed by atoms with Gasteiger partial charge in [0.2, 0.25) is 0 Å². The number of carbonyl (C=O) groups is 1. The number of nitrogens with zero attached hydrogens (tertiary/aromatic N) is 1. The molecule has 3 nitrogen and oxygen atoms in total. The highest BCUT2D eigenvalue weighted by Gasteiger charge is 1.98. The Morgan fingerprint density at radius 2 is 2.27 bits per heavy atom. The Morgan fingerprint density at radius 1 is 1.64 bits per heavy atom. The summed E-state index contributed by atoms with van der Waals surface area (Å²) < 4.78 is 0. The average Bonchev–Trinajstić information content (AvgIpc) is 1.97. The number of nitrogens with two attached hydrogens (primary N) is 1. The molecule has 11 heavy (non-hydrogen) atoms. The smallest absolute Gasteiger partial charge is 0.266 e. The molecular formula is C8H14N2O. The molecule has 0 heterocycles. The number of allylic oxidation sites excluding steroid dienone is 1. The van der Waals surface area contributed by atoms with Crippen molar-refractivity contribution in [3.63, 3.8) is 0 Å². The van der Waals surface area contributed by atoms with Crippen molar-refractivity contribution in [2.24, 2.45) is 10.7 Å². The van der Waals surface area contributed by atoms with Crippen LogP contribution in [0.4, 0.5) is 0 Å². The lowest BCUT2D eigenvalue weighted by molar-refractivity contribution is -0.114. The Bertz CT molecular complexity index is 183. The van der Waals surface area contributed by atoms with E-state index in [1.165, 1.54) is 0 Å². The van der Waals surface area contributed by atoms with Crippen molar-refractivity contribution in [2.75, 3.05) is 0 Å². The molecule has 3 heteroatoms. The Labute approximate surface area is 67.0 Å². The van der Waals surface area contributed by atoms with Gasteiger partial charge >= 0.3 is 0 Å². The molecule has 0 bridgehead atoms. The van der Waals surface area contributed by atoms with Crippen molar-refractivity contribution in [1.29, 1.82) is 0 Å². The van der Waals surface area contributed by atoms with E-state index in [2.05, 4.69) is 4.99 Å². The zero-order valence-corrected chi connectivity index (χ0v) is 7.00. The van der Waals surface area contributed by atoms with E-state index in [1.807, 2.05) is 6.92 Å². The molecule has 0 unspecified atom stereocenters. The predicted octanol–water partition coefficient (Wildman–Crippen LogP) is 1.25. The molecule has 0 aliphatic heterocycles. The van der Waals surface area contributed by atoms with Gasteiger partial charge in [-0.1, -0.05) is 19.4 Å². The fraction of sp³-hybridized carbons (Fsp3) is 0.500. The Morgan fingerprint density at radius 3 is 2.64 bits per heavy atom. The maximum Gasteiger partial charge on any atom is 0.266 e. The van der Waals surface area contributed by atoms with E-state index in [1.54, 1.807) is 19.2 Å². The summed E-state index contributed by atoms with van der Waals surface area (Å²) in [6.07, 6.45) is 5.15. The Kier molecular flexibility index (Phi) is 5.07. The van der Waals surface area contributed by atoms with E-state index in [0.717, 1.165) is 12.8 Å². The number of amides is 1. The summed E-state index contributed by atoms with van der Waals surface area (Å²) in [4.78, 5) is 14.5. The van der Waals surface area contributed by atoms with Crippen LogP contribution >= 0.6 is 0 Å². The standard InChI is InChI=1S/C8H14N2O/c1-3-5-6-7(8(9)11)10-4-2/h4,6H,3,5H2,1-2H3,(H2,9,11)/b7-6-,10-4-. The van der Waals surface area contributed by atoms with Crippen molar-refractivity contribution in [1.82, 2.24) is 0 Å². The van der Waals surface area contributed by atoms with Crippen molar-refractivity contribution in [3.05, 3.63) is 11.8 Å². The highest BCUT2D eigenvalue weighted by atomic mass is 16.1. The summed E-state index contributed by atoms with van der Waals surface area (Å²) in [5, 5.41) is 0. The maximum absolute atomic E-state index is 10.6. The molecule has 0 fully saturated rings. The molecule has 0 saturated carbocycles. The largest absolute Gasteiger partial charge is 0.364 e. The van der Waals surface area contributed by atoms with E-state index >= 15 is 0 Å². The lowest BCUT2D eigenvalue weighted by Crippen LogP contribution is -2.12. The fourth-order valence-electron chi connectivity index (χ4n) is 0.637. The third-order valence-corrected chi connectivity index (χ3v) is 1.15. The van der Waals surface area contributed by atoms with Crippen molar-refractivity contribution >= 4 is 12.1 Å². The van der Waals surface area contributed by atoms with Crippen molar-refractivity contribution in [3.8, 4) is 0 Å². The molecule has 0 aliphatic rings. The van der Waals surface area contributed by atoms with E-state index in [9.17, 15) is 4.79 Å². The molecule has 0 radical (unpaired) electrons. The van der Waals surface area contributed by atoms with Gasteiger partial charge in [0.15, 0.2) is 0 Å². The predicted molar refractivity (Wildman–Crippen MR) is 46.4 cm³/mol. The minimum atomic E-state index is -0.462. The first-order valence-electron chi connectivity index (χ1n) is 3.71. The van der Waals surface area contributed by atoms with Crippen molar-refractivity contribution < 1.29 is 4.79 Å². The number of carbonyl (C=O) groups excluding carboxylic acids is 1. The molecule has 0 aromatic carbocycles. The summed E-state index contributed by atoms with van der Waals surface area (Å²) in [7, 11) is 0. The second-order valence-corrected chi connectivity index (χ2v) is 2.13. The molecule has 0 aromatic heterocycles. The summed E-state index contributed by atoms with van der Waals surface area (Å²) >= 11 is 0. The first kappa shape index (κ1) is 9.88. The van der Waals surface area contributed by atoms with Gasteiger partial charge in [0.05, 0.1) is 0 Å². The molecular weight excluding hydrogens is 140 g/mol. The van der Waals surface area contributed by atoms with Gasteiger partial charge in [0.25, 0.3) is 5.91 Å². The highest BCUT2D eigenvalue weighted by molar-refractivity contribution is 5.92. The van der Waals surface area contributed by atoms with Crippen LogP contribution in [-0.2, 0) is 4.79 Å². The third kappa shape index (κ3) is 4.31. The first-order chi connectivity index (χ1) is 5.22. The van der Waals surface area contributed by atoms with Gasteiger partial charge in [-0.05, 0) is 13.3 Å². The quantitative estimate of drug-likeness (QED) is 0.480. The monoisotopic (exact) mass is 154 g/mol. The van der Waals surface area contributed by atoms with Crippen LogP contribution in [0.3, 0.4) is 0 Å². The van der Waals surface area contributed by atoms with Crippen molar-refractivity contribution in [2.45, 2.75) is 26.7 Å². The van der Waals surface area contributed by atoms with Crippen LogP contribution in [0.2, 0.25) is 0 Å². The molecule has 0 aromatic rings. The van der Waals surface area contributed by atoms with Crippen LogP contribution in [0.15, 0.2) is 16.8 Å². The minimum absolute atomic E-state index is 0.356. The van der Waals surface area contributed by atoms with Crippen LogP contribution in [-0.4, -0.2) is 12.1 Å². The molecule has 1 amide bonds. The number of unbranched alkanes of at least 4 members (excludes halogenated alkanes) is 1. The third-order valence-electron chi connectivity index (χ3n) is 1.15. The zero-order valence-electron chi connectivity index (χ0n) is 7.00. The zero-order chi connectivity index (χ0) is 8.69. The van der Waals surface area contributed by atoms with Gasteiger partial charge in [0, 0.05) is 6.21 Å². The van der Waals surface area contributed by atoms with Gasteiger partial charge in [-0.2, -0.15) is 0 Å². The number of hydrogen-bond donors (Lipinski definition) is 1. The topological polar surface area (TPSA) is 55.4 Å². The molecule has 2 N–H and O–H groups in total. The minimum Gasteiger partial charge on any atom is -0.364 e. The fourth-order valence-corrected chi connectivity index (χ4v) is 0.637. The summed E-state index contributed by atoms with van der Waals surface area (Å²) in [6.45, 7) is 3.79. The van der Waals surface area contributed by atoms with Crippen LogP contribution in [0.25, 0.3) is 0 Å².